The number of piperidine rings is 1. The lowest BCUT2D eigenvalue weighted by atomic mass is 9.89. The molecule has 1 heterocycles. The molecule has 0 unspecified atom stereocenters. The van der Waals surface area contributed by atoms with Crippen LogP contribution in [0.4, 0.5) is 0 Å². The van der Waals surface area contributed by atoms with Crippen LogP contribution in [0.25, 0.3) is 0 Å². The summed E-state index contributed by atoms with van der Waals surface area (Å²) in [5.74, 6) is 0.953. The van der Waals surface area contributed by atoms with Gasteiger partial charge in [0.15, 0.2) is 0 Å². The van der Waals surface area contributed by atoms with Crippen molar-refractivity contribution >= 4 is 10.2 Å². The molecule has 1 aliphatic heterocycles. The summed E-state index contributed by atoms with van der Waals surface area (Å²) in [7, 11) is 3.09. The summed E-state index contributed by atoms with van der Waals surface area (Å²) in [5.41, 5.74) is 1.15. The minimum absolute atomic E-state index is 0.0747. The number of methoxy groups -OCH3 is 2. The van der Waals surface area contributed by atoms with Gasteiger partial charge in [-0.1, -0.05) is 12.1 Å². The topological polar surface area (TPSA) is 59.1 Å². The first-order valence-electron chi connectivity index (χ1n) is 7.71. The van der Waals surface area contributed by atoms with E-state index in [0.717, 1.165) is 17.7 Å². The van der Waals surface area contributed by atoms with E-state index in [-0.39, 0.29) is 12.0 Å². The normalized spacial score (nSPS) is 23.2. The maximum Gasteiger partial charge on any atom is 0.281 e. The van der Waals surface area contributed by atoms with Crippen LogP contribution in [0.3, 0.4) is 0 Å². The summed E-state index contributed by atoms with van der Waals surface area (Å²) in [6.45, 7) is 0.975. The monoisotopic (exact) mass is 342 g/mol. The SMILES string of the molecule is COc1ccc(C[C@H]2CN(S(=O)(=O)N(C)C)CC[C@H]2OC)cc1. The Kier molecular flexibility index (Phi) is 6.02. The molecule has 0 saturated carbocycles. The van der Waals surface area contributed by atoms with Crippen LogP contribution >= 0.6 is 0 Å². The Labute approximate surface area is 139 Å². The van der Waals surface area contributed by atoms with E-state index >= 15 is 0 Å². The molecule has 7 heteroatoms. The Morgan fingerprint density at radius 3 is 2.39 bits per heavy atom. The quantitative estimate of drug-likeness (QED) is 0.784. The van der Waals surface area contributed by atoms with Gasteiger partial charge in [0.2, 0.25) is 0 Å². The first-order chi connectivity index (χ1) is 10.9. The van der Waals surface area contributed by atoms with Crippen molar-refractivity contribution in [1.29, 1.82) is 0 Å². The number of hydrogen-bond acceptors (Lipinski definition) is 4. The van der Waals surface area contributed by atoms with E-state index in [9.17, 15) is 8.42 Å². The van der Waals surface area contributed by atoms with Gasteiger partial charge in [-0.05, 0) is 30.5 Å². The van der Waals surface area contributed by atoms with Crippen LogP contribution < -0.4 is 4.74 Å². The van der Waals surface area contributed by atoms with Crippen LogP contribution in [-0.4, -0.2) is 64.5 Å². The summed E-state index contributed by atoms with van der Waals surface area (Å²) < 4.78 is 38.3. The summed E-state index contributed by atoms with van der Waals surface area (Å²) in [6, 6.07) is 7.89. The number of benzene rings is 1. The van der Waals surface area contributed by atoms with E-state index < -0.39 is 10.2 Å². The van der Waals surface area contributed by atoms with Gasteiger partial charge in [0, 0.05) is 40.2 Å². The Hall–Kier alpha value is -1.15. The van der Waals surface area contributed by atoms with Crippen LogP contribution in [0.1, 0.15) is 12.0 Å². The van der Waals surface area contributed by atoms with Gasteiger partial charge in [-0.15, -0.1) is 0 Å². The van der Waals surface area contributed by atoms with Gasteiger partial charge in [0.25, 0.3) is 10.2 Å². The molecular weight excluding hydrogens is 316 g/mol. The predicted molar refractivity (Wildman–Crippen MR) is 89.8 cm³/mol. The van der Waals surface area contributed by atoms with Gasteiger partial charge >= 0.3 is 0 Å². The van der Waals surface area contributed by atoms with E-state index in [0.29, 0.717) is 19.5 Å². The summed E-state index contributed by atoms with van der Waals surface area (Å²) in [5, 5.41) is 0. The zero-order valence-corrected chi connectivity index (χ0v) is 15.0. The van der Waals surface area contributed by atoms with Crippen molar-refractivity contribution in [2.75, 3.05) is 41.4 Å². The molecule has 130 valence electrons. The standard InChI is InChI=1S/C16H26N2O4S/c1-17(2)23(19,20)18-10-9-16(22-4)14(12-18)11-13-5-7-15(21-3)8-6-13/h5-8,14,16H,9-12H2,1-4H3/t14-,16+/m0/s1. The zero-order valence-electron chi connectivity index (χ0n) is 14.2. The van der Waals surface area contributed by atoms with Crippen molar-refractivity contribution in [2.45, 2.75) is 18.9 Å². The van der Waals surface area contributed by atoms with Gasteiger partial charge in [-0.2, -0.15) is 17.0 Å². The first kappa shape index (κ1) is 18.2. The average Bonchev–Trinajstić information content (AvgIpc) is 2.55. The van der Waals surface area contributed by atoms with Gasteiger partial charge in [-0.3, -0.25) is 0 Å². The number of nitrogens with zero attached hydrogens (tertiary/aromatic N) is 2. The fraction of sp³-hybridized carbons (Fsp3) is 0.625. The van der Waals surface area contributed by atoms with Crippen LogP contribution in [0.2, 0.25) is 0 Å². The molecule has 0 spiro atoms. The molecule has 0 aromatic heterocycles. The first-order valence-corrected chi connectivity index (χ1v) is 9.11. The van der Waals surface area contributed by atoms with Crippen molar-refractivity contribution in [1.82, 2.24) is 8.61 Å². The highest BCUT2D eigenvalue weighted by Crippen LogP contribution is 2.26. The summed E-state index contributed by atoms with van der Waals surface area (Å²) in [4.78, 5) is 0. The Bertz CT molecular complexity index is 601. The highest BCUT2D eigenvalue weighted by molar-refractivity contribution is 7.86. The predicted octanol–water partition coefficient (Wildman–Crippen LogP) is 1.38. The molecule has 1 aromatic rings. The average molecular weight is 342 g/mol. The second-order valence-corrected chi connectivity index (χ2v) is 8.17. The van der Waals surface area contributed by atoms with Gasteiger partial charge in [0.1, 0.15) is 5.75 Å². The second-order valence-electron chi connectivity index (χ2n) is 6.02. The van der Waals surface area contributed by atoms with Gasteiger partial charge in [0.05, 0.1) is 13.2 Å². The van der Waals surface area contributed by atoms with Crippen LogP contribution in [0, 0.1) is 5.92 Å². The lowest BCUT2D eigenvalue weighted by molar-refractivity contribution is 0.0122. The van der Waals surface area contributed by atoms with Crippen molar-refractivity contribution in [3.8, 4) is 5.75 Å². The van der Waals surface area contributed by atoms with Crippen molar-refractivity contribution in [2.24, 2.45) is 5.92 Å². The lowest BCUT2D eigenvalue weighted by Gasteiger charge is -2.38. The molecular formula is C16H26N2O4S. The third-order valence-electron chi connectivity index (χ3n) is 4.37. The highest BCUT2D eigenvalue weighted by atomic mass is 32.2. The Morgan fingerprint density at radius 2 is 1.87 bits per heavy atom. The molecule has 1 aromatic carbocycles. The minimum atomic E-state index is -3.38. The van der Waals surface area contributed by atoms with E-state index in [1.807, 2.05) is 24.3 Å². The van der Waals surface area contributed by atoms with E-state index in [2.05, 4.69) is 0 Å². The van der Waals surface area contributed by atoms with E-state index in [4.69, 9.17) is 9.47 Å². The lowest BCUT2D eigenvalue weighted by Crippen LogP contribution is -2.50. The van der Waals surface area contributed by atoms with Gasteiger partial charge < -0.3 is 9.47 Å². The van der Waals surface area contributed by atoms with Crippen LogP contribution in [0.15, 0.2) is 24.3 Å². The fourth-order valence-electron chi connectivity index (χ4n) is 2.99. The molecule has 0 radical (unpaired) electrons. The van der Waals surface area contributed by atoms with Crippen LogP contribution in [-0.2, 0) is 21.4 Å². The van der Waals surface area contributed by atoms with Crippen molar-refractivity contribution < 1.29 is 17.9 Å². The summed E-state index contributed by atoms with van der Waals surface area (Å²) >= 11 is 0. The molecule has 0 bridgehead atoms. The van der Waals surface area contributed by atoms with E-state index in [1.54, 1.807) is 32.6 Å². The molecule has 0 N–H and O–H groups in total. The summed E-state index contributed by atoms with van der Waals surface area (Å²) in [6.07, 6.45) is 1.57. The Balaban J connectivity index is 2.12. The molecule has 0 aliphatic carbocycles. The Morgan fingerprint density at radius 1 is 1.22 bits per heavy atom. The molecule has 2 atom stereocenters. The molecule has 1 fully saturated rings. The third kappa shape index (κ3) is 4.23. The largest absolute Gasteiger partial charge is 0.497 e. The molecule has 23 heavy (non-hydrogen) atoms. The molecule has 1 aliphatic rings. The number of rotatable bonds is 6. The van der Waals surface area contributed by atoms with Crippen molar-refractivity contribution in [3.05, 3.63) is 29.8 Å². The number of hydrogen-bond donors (Lipinski definition) is 0. The molecule has 6 nitrogen and oxygen atoms in total. The van der Waals surface area contributed by atoms with Crippen LogP contribution in [0.5, 0.6) is 5.75 Å². The van der Waals surface area contributed by atoms with Gasteiger partial charge in [-0.25, -0.2) is 0 Å². The third-order valence-corrected chi connectivity index (χ3v) is 6.28. The number of ether oxygens (including phenoxy) is 2. The fourth-order valence-corrected chi connectivity index (χ4v) is 4.17. The molecule has 2 rings (SSSR count). The smallest absolute Gasteiger partial charge is 0.281 e. The second kappa shape index (κ2) is 7.61. The molecule has 0 amide bonds. The van der Waals surface area contributed by atoms with Crippen molar-refractivity contribution in [3.63, 3.8) is 0 Å². The highest BCUT2D eigenvalue weighted by Gasteiger charge is 2.35. The zero-order chi connectivity index (χ0) is 17.0. The molecule has 1 saturated heterocycles. The maximum absolute atomic E-state index is 12.4. The van der Waals surface area contributed by atoms with E-state index in [1.165, 1.54) is 4.31 Å². The maximum atomic E-state index is 12.4. The minimum Gasteiger partial charge on any atom is -0.497 e.